The van der Waals surface area contributed by atoms with Crippen molar-refractivity contribution in [1.29, 1.82) is 0 Å². The van der Waals surface area contributed by atoms with Gasteiger partial charge in [0.1, 0.15) is 0 Å². The Balaban J connectivity index is 3.60. The van der Waals surface area contributed by atoms with Crippen LogP contribution in [0.15, 0.2) is 0 Å². The summed E-state index contributed by atoms with van der Waals surface area (Å²) in [4.78, 5) is 17.3. The Morgan fingerprint density at radius 1 is 0.870 bits per heavy atom. The van der Waals surface area contributed by atoms with Gasteiger partial charge >= 0.3 is 7.82 Å². The van der Waals surface area contributed by atoms with Gasteiger partial charge < -0.3 is 24.0 Å². The SMILES string of the molecule is CCCCCCOCC(C)OCC(C)OCC(C)OP(=O)(O)O. The molecule has 0 bridgehead atoms. The maximum atomic E-state index is 10.7. The van der Waals surface area contributed by atoms with Crippen LogP contribution in [0.3, 0.4) is 0 Å². The number of unbranched alkanes of at least 4 members (excludes halogenated alkanes) is 3. The summed E-state index contributed by atoms with van der Waals surface area (Å²) < 4.78 is 31.8. The fraction of sp³-hybridized carbons (Fsp3) is 1.00. The molecular weight excluding hydrogens is 323 g/mol. The van der Waals surface area contributed by atoms with E-state index in [2.05, 4.69) is 11.4 Å². The molecule has 3 atom stereocenters. The first-order valence-corrected chi connectivity index (χ1v) is 9.82. The average Bonchev–Trinajstić information content (AvgIpc) is 2.44. The quantitative estimate of drug-likeness (QED) is 0.344. The van der Waals surface area contributed by atoms with Crippen LogP contribution in [0.4, 0.5) is 0 Å². The zero-order chi connectivity index (χ0) is 17.7. The van der Waals surface area contributed by atoms with Crippen LogP contribution < -0.4 is 0 Å². The highest BCUT2D eigenvalue weighted by molar-refractivity contribution is 7.46. The van der Waals surface area contributed by atoms with Crippen molar-refractivity contribution in [3.63, 3.8) is 0 Å². The van der Waals surface area contributed by atoms with Crippen molar-refractivity contribution in [3.8, 4) is 0 Å². The normalized spacial score (nSPS) is 16.3. The Hall–Kier alpha value is -0.0100. The van der Waals surface area contributed by atoms with Crippen molar-refractivity contribution in [2.45, 2.75) is 71.7 Å². The van der Waals surface area contributed by atoms with Crippen molar-refractivity contribution in [3.05, 3.63) is 0 Å². The van der Waals surface area contributed by atoms with Crippen LogP contribution >= 0.6 is 7.82 Å². The van der Waals surface area contributed by atoms with Crippen LogP contribution in [0.2, 0.25) is 0 Å². The van der Waals surface area contributed by atoms with E-state index in [-0.39, 0.29) is 18.8 Å². The maximum absolute atomic E-state index is 10.7. The molecule has 3 unspecified atom stereocenters. The number of hydrogen-bond acceptors (Lipinski definition) is 5. The van der Waals surface area contributed by atoms with Crippen LogP contribution in [-0.2, 0) is 23.3 Å². The topological polar surface area (TPSA) is 94.5 Å². The summed E-state index contributed by atoms with van der Waals surface area (Å²) in [6.45, 7) is 9.30. The number of phosphoric ester groups is 1. The molecule has 0 aliphatic heterocycles. The lowest BCUT2D eigenvalue weighted by molar-refractivity contribution is -0.0695. The summed E-state index contributed by atoms with van der Waals surface area (Å²) in [5.74, 6) is 0. The van der Waals surface area contributed by atoms with Gasteiger partial charge in [0.25, 0.3) is 0 Å². The van der Waals surface area contributed by atoms with Gasteiger partial charge in [-0.05, 0) is 27.2 Å². The van der Waals surface area contributed by atoms with E-state index in [1.54, 1.807) is 6.92 Å². The minimum absolute atomic E-state index is 0.0176. The van der Waals surface area contributed by atoms with Gasteiger partial charge in [-0.1, -0.05) is 26.2 Å². The first-order valence-electron chi connectivity index (χ1n) is 8.29. The highest BCUT2D eigenvalue weighted by atomic mass is 31.2. The predicted molar refractivity (Wildman–Crippen MR) is 88.4 cm³/mol. The lowest BCUT2D eigenvalue weighted by atomic mass is 10.2. The second-order valence-corrected chi connectivity index (χ2v) is 7.02. The van der Waals surface area contributed by atoms with Crippen molar-refractivity contribution in [2.24, 2.45) is 0 Å². The molecule has 0 amide bonds. The Labute approximate surface area is 139 Å². The maximum Gasteiger partial charge on any atom is 0.469 e. The van der Waals surface area contributed by atoms with Crippen molar-refractivity contribution < 1.29 is 33.1 Å². The molecule has 8 heteroatoms. The molecule has 2 N–H and O–H groups in total. The molecule has 0 fully saturated rings. The lowest BCUT2D eigenvalue weighted by Crippen LogP contribution is -2.26. The molecule has 0 rings (SSSR count). The van der Waals surface area contributed by atoms with Gasteiger partial charge in [-0.2, -0.15) is 0 Å². The molecule has 0 saturated carbocycles. The molecule has 0 aromatic heterocycles. The number of hydrogen-bond donors (Lipinski definition) is 2. The minimum atomic E-state index is -4.46. The van der Waals surface area contributed by atoms with Crippen LogP contribution in [0.1, 0.15) is 53.4 Å². The average molecular weight is 356 g/mol. The fourth-order valence-corrected chi connectivity index (χ4v) is 2.37. The van der Waals surface area contributed by atoms with Gasteiger partial charge in [-0.3, -0.25) is 4.52 Å². The second kappa shape index (κ2) is 13.3. The summed E-state index contributed by atoms with van der Waals surface area (Å²) in [5, 5.41) is 0. The van der Waals surface area contributed by atoms with Crippen molar-refractivity contribution in [1.82, 2.24) is 0 Å². The first-order chi connectivity index (χ1) is 10.7. The van der Waals surface area contributed by atoms with Gasteiger partial charge in [0, 0.05) is 6.61 Å². The molecule has 0 aliphatic rings. The summed E-state index contributed by atoms with van der Waals surface area (Å²) in [7, 11) is -4.46. The number of phosphoric acid groups is 1. The van der Waals surface area contributed by atoms with Crippen LogP contribution in [0.25, 0.3) is 0 Å². The molecule has 0 saturated heterocycles. The Morgan fingerprint density at radius 3 is 2.00 bits per heavy atom. The van der Waals surface area contributed by atoms with Crippen LogP contribution in [0.5, 0.6) is 0 Å². The van der Waals surface area contributed by atoms with E-state index in [0.717, 1.165) is 13.0 Å². The molecule has 0 spiro atoms. The van der Waals surface area contributed by atoms with E-state index < -0.39 is 13.9 Å². The summed E-state index contributed by atoms with van der Waals surface area (Å²) >= 11 is 0. The standard InChI is InChI=1S/C15H33O7P/c1-5-6-7-8-9-19-10-13(2)20-11-14(3)21-12-15(4)22-23(16,17)18/h13-15H,5-12H2,1-4H3,(H2,16,17,18). The lowest BCUT2D eigenvalue weighted by Gasteiger charge is -2.20. The largest absolute Gasteiger partial charge is 0.469 e. The molecule has 0 radical (unpaired) electrons. The number of ether oxygens (including phenoxy) is 3. The zero-order valence-corrected chi connectivity index (χ0v) is 15.7. The van der Waals surface area contributed by atoms with Crippen LogP contribution in [0, 0.1) is 0 Å². The van der Waals surface area contributed by atoms with Crippen molar-refractivity contribution in [2.75, 3.05) is 26.4 Å². The van der Waals surface area contributed by atoms with E-state index in [4.69, 9.17) is 24.0 Å². The fourth-order valence-electron chi connectivity index (χ4n) is 1.84. The summed E-state index contributed by atoms with van der Waals surface area (Å²) in [6.07, 6.45) is 3.86. The van der Waals surface area contributed by atoms with E-state index in [9.17, 15) is 4.57 Å². The highest BCUT2D eigenvalue weighted by Crippen LogP contribution is 2.37. The molecule has 0 heterocycles. The molecule has 0 aromatic carbocycles. The first kappa shape index (κ1) is 23.0. The van der Waals surface area contributed by atoms with Gasteiger partial charge in [0.2, 0.25) is 0 Å². The van der Waals surface area contributed by atoms with E-state index in [1.807, 2.05) is 13.8 Å². The second-order valence-electron chi connectivity index (χ2n) is 5.83. The predicted octanol–water partition coefficient (Wildman–Crippen LogP) is 2.89. The monoisotopic (exact) mass is 356 g/mol. The smallest absolute Gasteiger partial charge is 0.379 e. The summed E-state index contributed by atoms with van der Waals surface area (Å²) in [6, 6.07) is 0. The highest BCUT2D eigenvalue weighted by Gasteiger charge is 2.19. The molecule has 23 heavy (non-hydrogen) atoms. The Kier molecular flexibility index (Phi) is 13.3. The van der Waals surface area contributed by atoms with Gasteiger partial charge in [0.15, 0.2) is 0 Å². The summed E-state index contributed by atoms with van der Waals surface area (Å²) in [5.41, 5.74) is 0. The minimum Gasteiger partial charge on any atom is -0.379 e. The van der Waals surface area contributed by atoms with Crippen molar-refractivity contribution >= 4 is 7.82 Å². The van der Waals surface area contributed by atoms with E-state index >= 15 is 0 Å². The third kappa shape index (κ3) is 16.6. The molecule has 7 nitrogen and oxygen atoms in total. The molecular formula is C15H33O7P. The van der Waals surface area contributed by atoms with E-state index in [0.29, 0.717) is 13.2 Å². The van der Waals surface area contributed by atoms with E-state index in [1.165, 1.54) is 19.3 Å². The third-order valence-corrected chi connectivity index (χ3v) is 3.68. The Bertz CT molecular complexity index is 321. The zero-order valence-electron chi connectivity index (χ0n) is 14.8. The molecule has 140 valence electrons. The van der Waals surface area contributed by atoms with Gasteiger partial charge in [-0.25, -0.2) is 4.57 Å². The number of rotatable bonds is 15. The third-order valence-electron chi connectivity index (χ3n) is 3.04. The Morgan fingerprint density at radius 2 is 1.43 bits per heavy atom. The van der Waals surface area contributed by atoms with Gasteiger partial charge in [0.05, 0.1) is 38.1 Å². The molecule has 0 aliphatic carbocycles. The van der Waals surface area contributed by atoms with Gasteiger partial charge in [-0.15, -0.1) is 0 Å². The molecule has 0 aromatic rings. The van der Waals surface area contributed by atoms with Crippen LogP contribution in [-0.4, -0.2) is 54.5 Å².